The monoisotopic (exact) mass is 401 g/mol. The Bertz CT molecular complexity index is 595. The van der Waals surface area contributed by atoms with Crippen molar-refractivity contribution in [1.82, 2.24) is 5.32 Å². The SMILES string of the molecule is CC(C)NCCCOP(=O)(OCc1ccccc1)OCC1COC(C)(C)O1. The number of benzene rings is 1. The lowest BCUT2D eigenvalue weighted by atomic mass is 10.2. The minimum atomic E-state index is -3.71. The van der Waals surface area contributed by atoms with Crippen LogP contribution in [0.3, 0.4) is 0 Å². The zero-order valence-corrected chi connectivity index (χ0v) is 17.6. The molecule has 154 valence electrons. The molecule has 1 aromatic carbocycles. The summed E-state index contributed by atoms with van der Waals surface area (Å²) in [6.07, 6.45) is 0.399. The zero-order chi connectivity index (χ0) is 19.8. The van der Waals surface area contributed by atoms with Gasteiger partial charge in [-0.1, -0.05) is 44.2 Å². The van der Waals surface area contributed by atoms with Crippen molar-refractivity contribution in [3.8, 4) is 0 Å². The third-order valence-corrected chi connectivity index (χ3v) is 5.25. The van der Waals surface area contributed by atoms with Gasteiger partial charge in [-0.3, -0.25) is 13.6 Å². The Kier molecular flexibility index (Phi) is 8.89. The molecule has 1 aromatic rings. The van der Waals surface area contributed by atoms with E-state index in [-0.39, 0.29) is 25.9 Å². The van der Waals surface area contributed by atoms with Gasteiger partial charge in [-0.05, 0) is 32.4 Å². The van der Waals surface area contributed by atoms with Crippen molar-refractivity contribution in [3.05, 3.63) is 35.9 Å². The number of phosphoric acid groups is 1. The van der Waals surface area contributed by atoms with E-state index in [2.05, 4.69) is 19.2 Å². The molecule has 1 N–H and O–H groups in total. The Balaban J connectivity index is 1.85. The Morgan fingerprint density at radius 2 is 1.96 bits per heavy atom. The minimum absolute atomic E-state index is 0.0831. The molecule has 0 spiro atoms. The van der Waals surface area contributed by atoms with Crippen molar-refractivity contribution in [1.29, 1.82) is 0 Å². The molecule has 2 rings (SSSR count). The van der Waals surface area contributed by atoms with E-state index in [1.807, 2.05) is 44.2 Å². The second kappa shape index (κ2) is 10.7. The van der Waals surface area contributed by atoms with Crippen LogP contribution in [0.25, 0.3) is 0 Å². The minimum Gasteiger partial charge on any atom is -0.348 e. The first-order valence-electron chi connectivity index (χ1n) is 9.41. The predicted octanol–water partition coefficient (Wildman–Crippen LogP) is 3.88. The summed E-state index contributed by atoms with van der Waals surface area (Å²) in [4.78, 5) is 0. The summed E-state index contributed by atoms with van der Waals surface area (Å²) in [5, 5.41) is 3.29. The lowest BCUT2D eigenvalue weighted by Gasteiger charge is -2.21. The van der Waals surface area contributed by atoms with Crippen LogP contribution in [0.15, 0.2) is 30.3 Å². The molecule has 27 heavy (non-hydrogen) atoms. The number of ether oxygens (including phenoxy) is 2. The number of rotatable bonds is 12. The van der Waals surface area contributed by atoms with Crippen LogP contribution in [0.4, 0.5) is 0 Å². The van der Waals surface area contributed by atoms with Gasteiger partial charge in [-0.25, -0.2) is 4.57 Å². The third-order valence-electron chi connectivity index (χ3n) is 3.84. The molecule has 0 aromatic heterocycles. The maximum absolute atomic E-state index is 13.0. The Hall–Kier alpha value is -0.790. The summed E-state index contributed by atoms with van der Waals surface area (Å²) in [5.41, 5.74) is 0.896. The molecule has 0 saturated carbocycles. The molecule has 1 heterocycles. The quantitative estimate of drug-likeness (QED) is 0.421. The second-order valence-corrected chi connectivity index (χ2v) is 8.92. The summed E-state index contributed by atoms with van der Waals surface area (Å²) in [6.45, 7) is 9.46. The molecule has 1 aliphatic heterocycles. The number of phosphoric ester groups is 1. The average Bonchev–Trinajstić information content (AvgIpc) is 2.98. The van der Waals surface area contributed by atoms with Gasteiger partial charge in [0.25, 0.3) is 0 Å². The van der Waals surface area contributed by atoms with Crippen molar-refractivity contribution >= 4 is 7.82 Å². The van der Waals surface area contributed by atoms with Crippen molar-refractivity contribution in [2.24, 2.45) is 0 Å². The topological polar surface area (TPSA) is 75.3 Å². The van der Waals surface area contributed by atoms with E-state index in [9.17, 15) is 4.57 Å². The Labute approximate surface area is 162 Å². The van der Waals surface area contributed by atoms with Gasteiger partial charge < -0.3 is 14.8 Å². The molecule has 7 nitrogen and oxygen atoms in total. The van der Waals surface area contributed by atoms with Crippen molar-refractivity contribution in [3.63, 3.8) is 0 Å². The van der Waals surface area contributed by atoms with Crippen molar-refractivity contribution < 1.29 is 27.6 Å². The van der Waals surface area contributed by atoms with Crippen molar-refractivity contribution in [2.45, 2.75) is 58.7 Å². The van der Waals surface area contributed by atoms with E-state index >= 15 is 0 Å². The molecule has 2 atom stereocenters. The molecule has 0 radical (unpaired) electrons. The van der Waals surface area contributed by atoms with Gasteiger partial charge in [0.2, 0.25) is 0 Å². The van der Waals surface area contributed by atoms with Crippen LogP contribution in [0, 0.1) is 0 Å². The van der Waals surface area contributed by atoms with Gasteiger partial charge in [-0.15, -0.1) is 0 Å². The smallest absolute Gasteiger partial charge is 0.348 e. The fourth-order valence-electron chi connectivity index (χ4n) is 2.50. The maximum atomic E-state index is 13.0. The fraction of sp³-hybridized carbons (Fsp3) is 0.684. The molecule has 1 saturated heterocycles. The molecular weight excluding hydrogens is 369 g/mol. The maximum Gasteiger partial charge on any atom is 0.475 e. The first-order chi connectivity index (χ1) is 12.8. The van der Waals surface area contributed by atoms with Crippen LogP contribution in [0.5, 0.6) is 0 Å². The van der Waals surface area contributed by atoms with Crippen LogP contribution in [-0.2, 0) is 34.2 Å². The molecule has 1 aliphatic rings. The largest absolute Gasteiger partial charge is 0.475 e. The van der Waals surface area contributed by atoms with Crippen LogP contribution < -0.4 is 5.32 Å². The molecular formula is C19H32NO6P. The van der Waals surface area contributed by atoms with Crippen molar-refractivity contribution in [2.75, 3.05) is 26.4 Å². The van der Waals surface area contributed by atoms with Gasteiger partial charge in [-0.2, -0.15) is 0 Å². The predicted molar refractivity (Wildman–Crippen MR) is 103 cm³/mol. The van der Waals surface area contributed by atoms with E-state index in [4.69, 9.17) is 23.0 Å². The highest BCUT2D eigenvalue weighted by Crippen LogP contribution is 2.50. The van der Waals surface area contributed by atoms with Crippen LogP contribution in [0.2, 0.25) is 0 Å². The van der Waals surface area contributed by atoms with Gasteiger partial charge in [0.1, 0.15) is 6.10 Å². The molecule has 1 fully saturated rings. The summed E-state index contributed by atoms with van der Waals surface area (Å²) in [6, 6.07) is 9.89. The summed E-state index contributed by atoms with van der Waals surface area (Å²) in [5.74, 6) is -0.660. The van der Waals surface area contributed by atoms with E-state index in [0.29, 0.717) is 19.1 Å². The normalized spacial score (nSPS) is 21.4. The van der Waals surface area contributed by atoms with Gasteiger partial charge in [0, 0.05) is 6.04 Å². The zero-order valence-electron chi connectivity index (χ0n) is 16.7. The van der Waals surface area contributed by atoms with Gasteiger partial charge in [0.05, 0.1) is 26.4 Å². The summed E-state index contributed by atoms with van der Waals surface area (Å²) >= 11 is 0. The number of nitrogens with one attached hydrogen (secondary N) is 1. The Morgan fingerprint density at radius 3 is 2.59 bits per heavy atom. The molecule has 0 amide bonds. The Morgan fingerprint density at radius 1 is 1.22 bits per heavy atom. The molecule has 0 bridgehead atoms. The molecule has 8 heteroatoms. The highest BCUT2D eigenvalue weighted by molar-refractivity contribution is 7.48. The van der Waals surface area contributed by atoms with E-state index in [1.165, 1.54) is 0 Å². The van der Waals surface area contributed by atoms with E-state index in [0.717, 1.165) is 12.1 Å². The second-order valence-electron chi connectivity index (χ2n) is 7.25. The van der Waals surface area contributed by atoms with E-state index < -0.39 is 13.6 Å². The van der Waals surface area contributed by atoms with Crippen LogP contribution in [-0.4, -0.2) is 44.3 Å². The molecule has 2 unspecified atom stereocenters. The fourth-order valence-corrected chi connectivity index (χ4v) is 3.73. The standard InChI is InChI=1S/C19H32NO6P/c1-16(2)20-11-8-12-23-27(21,24-13-17-9-6-5-7-10-17)25-15-18-14-22-19(3,4)26-18/h5-7,9-10,16,18,20H,8,11-15H2,1-4H3. The first-order valence-corrected chi connectivity index (χ1v) is 10.9. The average molecular weight is 401 g/mol. The highest BCUT2D eigenvalue weighted by atomic mass is 31.2. The summed E-state index contributed by atoms with van der Waals surface area (Å²) in [7, 11) is -3.71. The van der Waals surface area contributed by atoms with E-state index in [1.54, 1.807) is 0 Å². The third kappa shape index (κ3) is 8.83. The van der Waals surface area contributed by atoms with Crippen LogP contribution in [0.1, 0.15) is 39.7 Å². The summed E-state index contributed by atoms with van der Waals surface area (Å²) < 4.78 is 40.8. The number of hydrogen-bond acceptors (Lipinski definition) is 7. The van der Waals surface area contributed by atoms with Gasteiger partial charge >= 0.3 is 7.82 Å². The highest BCUT2D eigenvalue weighted by Gasteiger charge is 2.35. The molecule has 0 aliphatic carbocycles. The number of hydrogen-bond donors (Lipinski definition) is 1. The first kappa shape index (κ1) is 22.5. The lowest BCUT2D eigenvalue weighted by molar-refractivity contribution is -0.142. The van der Waals surface area contributed by atoms with Gasteiger partial charge in [0.15, 0.2) is 5.79 Å². The van der Waals surface area contributed by atoms with Crippen LogP contribution >= 0.6 is 7.82 Å². The lowest BCUT2D eigenvalue weighted by Crippen LogP contribution is -2.25.